The van der Waals surface area contributed by atoms with Crippen LogP contribution in [0, 0.1) is 6.92 Å². The Kier molecular flexibility index (Phi) is 5.96. The predicted molar refractivity (Wildman–Crippen MR) is 71.6 cm³/mol. The number of aryl methyl sites for hydroxylation is 1. The molecule has 0 unspecified atom stereocenters. The van der Waals surface area contributed by atoms with Crippen molar-refractivity contribution in [2.24, 2.45) is 0 Å². The van der Waals surface area contributed by atoms with E-state index in [4.69, 9.17) is 0 Å². The van der Waals surface area contributed by atoms with Gasteiger partial charge in [-0.2, -0.15) is 0 Å². The third-order valence-corrected chi connectivity index (χ3v) is 2.23. The van der Waals surface area contributed by atoms with Gasteiger partial charge in [-0.3, -0.25) is 0 Å². The fourth-order valence-corrected chi connectivity index (χ4v) is 1.39. The fraction of sp³-hybridized carbons (Fsp3) is 0.0714. The molecule has 0 spiro atoms. The van der Waals surface area contributed by atoms with Crippen LogP contribution in [0.25, 0.3) is 0 Å². The van der Waals surface area contributed by atoms with Crippen LogP contribution in [-0.2, 0) is 0 Å². The van der Waals surface area contributed by atoms with Crippen LogP contribution in [0.3, 0.4) is 0 Å². The van der Waals surface area contributed by atoms with Crippen molar-refractivity contribution in [2.75, 3.05) is 0 Å². The zero-order valence-corrected chi connectivity index (χ0v) is 10.9. The third kappa shape index (κ3) is 8.08. The summed E-state index contributed by atoms with van der Waals surface area (Å²) in [5.74, 6) is 0. The van der Waals surface area contributed by atoms with Crippen molar-refractivity contribution < 1.29 is 22.3 Å². The van der Waals surface area contributed by atoms with Gasteiger partial charge >= 0.3 is 7.25 Å². The van der Waals surface area contributed by atoms with Gasteiger partial charge in [-0.05, 0) is 6.92 Å². The van der Waals surface area contributed by atoms with E-state index in [-0.39, 0.29) is 0 Å². The fourth-order valence-electron chi connectivity index (χ4n) is 1.39. The van der Waals surface area contributed by atoms with E-state index in [2.05, 4.69) is 48.3 Å². The molecule has 0 radical (unpaired) electrons. The van der Waals surface area contributed by atoms with Crippen molar-refractivity contribution in [1.82, 2.24) is 0 Å². The Morgan fingerprint density at radius 1 is 0.750 bits per heavy atom. The monoisotopic (exact) mass is 283 g/mol. The smallest absolute Gasteiger partial charge is 0.418 e. The van der Waals surface area contributed by atoms with Gasteiger partial charge in [0.25, 0.3) is 0 Å². The number of halogens is 4. The van der Waals surface area contributed by atoms with E-state index in [1.54, 1.807) is 0 Å². The predicted octanol–water partition coefficient (Wildman–Crippen LogP) is 2.61. The van der Waals surface area contributed by atoms with Crippen LogP contribution >= 0.6 is 0 Å². The van der Waals surface area contributed by atoms with Crippen LogP contribution in [0.4, 0.5) is 23.0 Å². The molecule has 0 saturated carbocycles. The standard InChI is InChI=1S/C14H13N.BF4/c1-12-8-10-14(11-9-12)15-13-6-4-2-3-5-7-13;2-1(3,4)5/h2-11H,1H3;/q;-1/p+1. The second-order valence-electron chi connectivity index (χ2n) is 4.04. The maximum absolute atomic E-state index is 9.75. The van der Waals surface area contributed by atoms with E-state index in [0.717, 1.165) is 11.0 Å². The van der Waals surface area contributed by atoms with E-state index in [1.807, 2.05) is 24.3 Å². The maximum Gasteiger partial charge on any atom is 0.673 e. The average Bonchev–Trinajstić information content (AvgIpc) is 2.59. The molecular formula is C14H14BF4N. The number of benzene rings is 1. The molecule has 0 heterocycles. The van der Waals surface area contributed by atoms with Gasteiger partial charge in [-0.15, -0.1) is 0 Å². The first-order chi connectivity index (χ1) is 9.34. The third-order valence-electron chi connectivity index (χ3n) is 2.23. The van der Waals surface area contributed by atoms with Crippen LogP contribution < -0.4 is 10.3 Å². The molecule has 1 N–H and O–H groups in total. The Morgan fingerprint density at radius 2 is 1.20 bits per heavy atom. The quantitative estimate of drug-likeness (QED) is 0.611. The van der Waals surface area contributed by atoms with E-state index in [1.165, 1.54) is 5.56 Å². The van der Waals surface area contributed by atoms with Gasteiger partial charge in [0.05, 0.1) is 0 Å². The molecule has 20 heavy (non-hydrogen) atoms. The first-order valence-electron chi connectivity index (χ1n) is 5.94. The summed E-state index contributed by atoms with van der Waals surface area (Å²) in [6, 6.07) is 20.6. The maximum atomic E-state index is 9.75. The highest BCUT2D eigenvalue weighted by Crippen LogP contribution is 2.06. The van der Waals surface area contributed by atoms with Crippen LogP contribution in [0.5, 0.6) is 0 Å². The van der Waals surface area contributed by atoms with E-state index < -0.39 is 7.25 Å². The van der Waals surface area contributed by atoms with Crippen LogP contribution in [0.2, 0.25) is 0 Å². The van der Waals surface area contributed by atoms with Crippen LogP contribution in [-0.4, -0.2) is 7.25 Å². The minimum absolute atomic E-state index is 1.10. The minimum Gasteiger partial charge on any atom is -0.418 e. The second-order valence-corrected chi connectivity index (χ2v) is 4.04. The molecule has 2 aromatic carbocycles. The lowest BCUT2D eigenvalue weighted by Gasteiger charge is -1.94. The zero-order chi connectivity index (χ0) is 15.0. The highest BCUT2D eigenvalue weighted by atomic mass is 19.5. The number of nitrogens with one attached hydrogen (secondary N) is 1. The first-order valence-corrected chi connectivity index (χ1v) is 5.94. The molecular weight excluding hydrogens is 269 g/mol. The summed E-state index contributed by atoms with van der Waals surface area (Å²) in [6.07, 6.45) is 0. The molecule has 0 fully saturated rings. The van der Waals surface area contributed by atoms with Crippen LogP contribution in [0.1, 0.15) is 5.56 Å². The summed E-state index contributed by atoms with van der Waals surface area (Å²) in [5, 5.41) is 1.10. The minimum atomic E-state index is -6.00. The molecule has 0 atom stereocenters. The molecule has 2 aromatic rings. The number of hydrogen-bond donors (Lipinski definition) is 1. The largest absolute Gasteiger partial charge is 0.673 e. The van der Waals surface area contributed by atoms with Gasteiger partial charge in [0, 0.05) is 24.3 Å². The summed E-state index contributed by atoms with van der Waals surface area (Å²) in [4.78, 5) is 3.35. The molecule has 0 bridgehead atoms. The van der Waals surface area contributed by atoms with Gasteiger partial charge in [-0.1, -0.05) is 42.0 Å². The van der Waals surface area contributed by atoms with Crippen molar-refractivity contribution >= 4 is 12.9 Å². The van der Waals surface area contributed by atoms with Gasteiger partial charge in [-0.25, -0.2) is 4.99 Å². The first kappa shape index (κ1) is 16.0. The second kappa shape index (κ2) is 7.48. The Labute approximate surface area is 114 Å². The molecule has 0 saturated heterocycles. The van der Waals surface area contributed by atoms with Gasteiger partial charge < -0.3 is 17.3 Å². The highest BCUT2D eigenvalue weighted by Gasteiger charge is 2.20. The molecule has 0 aliphatic heterocycles. The number of rotatable bonds is 1. The molecule has 6 heteroatoms. The molecule has 0 aliphatic carbocycles. The lowest BCUT2D eigenvalue weighted by Crippen LogP contribution is -2.69. The average molecular weight is 283 g/mol. The Balaban J connectivity index is 0.000000347. The van der Waals surface area contributed by atoms with E-state index >= 15 is 0 Å². The molecule has 0 aliphatic rings. The van der Waals surface area contributed by atoms with E-state index in [9.17, 15) is 17.3 Å². The Bertz CT molecular complexity index is 566. The summed E-state index contributed by atoms with van der Waals surface area (Å²) in [7, 11) is -6.00. The molecule has 106 valence electrons. The Morgan fingerprint density at radius 3 is 1.65 bits per heavy atom. The van der Waals surface area contributed by atoms with Crippen molar-refractivity contribution in [3.63, 3.8) is 0 Å². The lowest BCUT2D eigenvalue weighted by molar-refractivity contribution is -0.402. The normalized spacial score (nSPS) is 10.2. The molecule has 1 nitrogen and oxygen atoms in total. The van der Waals surface area contributed by atoms with Crippen molar-refractivity contribution in [2.45, 2.75) is 6.92 Å². The Hall–Kier alpha value is -2.11. The zero-order valence-electron chi connectivity index (χ0n) is 10.9. The highest BCUT2D eigenvalue weighted by molar-refractivity contribution is 6.50. The summed E-state index contributed by atoms with van der Waals surface area (Å²) >= 11 is 0. The van der Waals surface area contributed by atoms with E-state index in [0.29, 0.717) is 0 Å². The van der Waals surface area contributed by atoms with Crippen molar-refractivity contribution in [3.05, 3.63) is 71.6 Å². The molecule has 0 amide bonds. The van der Waals surface area contributed by atoms with Crippen LogP contribution in [0.15, 0.2) is 60.7 Å². The summed E-state index contributed by atoms with van der Waals surface area (Å²) in [5.41, 5.74) is 2.39. The summed E-state index contributed by atoms with van der Waals surface area (Å²) in [6.45, 7) is 2.09. The van der Waals surface area contributed by atoms with Gasteiger partial charge in [0.1, 0.15) is 0 Å². The molecule has 0 aromatic heterocycles. The van der Waals surface area contributed by atoms with Gasteiger partial charge in [0.15, 0.2) is 0 Å². The number of hydrogen-bond acceptors (Lipinski definition) is 0. The molecule has 2 rings (SSSR count). The van der Waals surface area contributed by atoms with Gasteiger partial charge in [0.2, 0.25) is 11.0 Å². The topological polar surface area (TPSA) is 14.0 Å². The van der Waals surface area contributed by atoms with Crippen molar-refractivity contribution in [1.29, 1.82) is 0 Å². The van der Waals surface area contributed by atoms with Crippen molar-refractivity contribution in [3.8, 4) is 0 Å². The summed E-state index contributed by atoms with van der Waals surface area (Å²) < 4.78 is 39.0. The SMILES string of the molecule is Cc1ccc([NH+]=c2cccccc2)cc1.F[B-](F)(F)F. The lowest BCUT2D eigenvalue weighted by atomic mass is 10.2.